The van der Waals surface area contributed by atoms with Crippen molar-refractivity contribution in [2.45, 2.75) is 13.0 Å². The fraction of sp³-hybridized carbons (Fsp3) is 0.136. The number of fused-ring (bicyclic) bond motifs is 3. The van der Waals surface area contributed by atoms with E-state index in [1.165, 1.54) is 34.1 Å². The molecule has 6 nitrogen and oxygen atoms in total. The summed E-state index contributed by atoms with van der Waals surface area (Å²) in [4.78, 5) is 29.4. The van der Waals surface area contributed by atoms with Crippen molar-refractivity contribution in [1.82, 2.24) is 14.9 Å². The van der Waals surface area contributed by atoms with E-state index >= 15 is 0 Å². The van der Waals surface area contributed by atoms with Crippen LogP contribution in [-0.2, 0) is 13.0 Å². The zero-order valence-corrected chi connectivity index (χ0v) is 16.5. The van der Waals surface area contributed by atoms with Crippen molar-refractivity contribution in [2.24, 2.45) is 0 Å². The molecule has 1 aliphatic rings. The quantitative estimate of drug-likeness (QED) is 0.548. The molecule has 0 radical (unpaired) electrons. The molecular weight excluding hydrogens is 405 g/mol. The first-order valence-electron chi connectivity index (χ1n) is 9.38. The molecule has 4 heterocycles. The van der Waals surface area contributed by atoms with Crippen molar-refractivity contribution < 1.29 is 13.9 Å². The summed E-state index contributed by atoms with van der Waals surface area (Å²) in [6, 6.07) is 11.7. The molecule has 0 saturated carbocycles. The van der Waals surface area contributed by atoms with Gasteiger partial charge in [0.25, 0.3) is 11.5 Å². The van der Waals surface area contributed by atoms with Crippen LogP contribution in [0.2, 0.25) is 0 Å². The van der Waals surface area contributed by atoms with Gasteiger partial charge >= 0.3 is 0 Å². The van der Waals surface area contributed by atoms with Crippen LogP contribution < -0.4 is 15.6 Å². The number of thiophene rings is 1. The third-order valence-electron chi connectivity index (χ3n) is 4.99. The average molecular weight is 421 g/mol. The SMILES string of the molecule is O=C1NCCc2c1sc1cc(-n3ccc(OCc4ccc(F)cn4)cc3=O)ccc21. The summed E-state index contributed by atoms with van der Waals surface area (Å²) in [6.07, 6.45) is 3.59. The Hall–Kier alpha value is -3.52. The van der Waals surface area contributed by atoms with Gasteiger partial charge < -0.3 is 10.1 Å². The Balaban J connectivity index is 1.41. The lowest BCUT2D eigenvalue weighted by Crippen LogP contribution is -2.30. The predicted octanol–water partition coefficient (Wildman–Crippen LogP) is 3.45. The minimum atomic E-state index is -0.412. The van der Waals surface area contributed by atoms with Crippen molar-refractivity contribution in [2.75, 3.05) is 6.54 Å². The molecule has 0 atom stereocenters. The summed E-state index contributed by atoms with van der Waals surface area (Å²) < 4.78 is 21.0. The molecule has 0 aliphatic carbocycles. The summed E-state index contributed by atoms with van der Waals surface area (Å²) in [5.74, 6) is -0.0365. The first-order valence-corrected chi connectivity index (χ1v) is 10.2. The van der Waals surface area contributed by atoms with Crippen LogP contribution in [0.15, 0.2) is 59.7 Å². The molecule has 3 aromatic heterocycles. The predicted molar refractivity (Wildman–Crippen MR) is 112 cm³/mol. The Morgan fingerprint density at radius 3 is 2.87 bits per heavy atom. The van der Waals surface area contributed by atoms with Crippen LogP contribution >= 0.6 is 11.3 Å². The second-order valence-electron chi connectivity index (χ2n) is 6.92. The third kappa shape index (κ3) is 3.35. The van der Waals surface area contributed by atoms with Gasteiger partial charge in [0.2, 0.25) is 0 Å². The highest BCUT2D eigenvalue weighted by atomic mass is 32.1. The molecule has 5 rings (SSSR count). The lowest BCUT2D eigenvalue weighted by molar-refractivity contribution is 0.0951. The van der Waals surface area contributed by atoms with Crippen molar-refractivity contribution in [3.63, 3.8) is 0 Å². The maximum absolute atomic E-state index is 12.9. The van der Waals surface area contributed by atoms with Crippen LogP contribution in [-0.4, -0.2) is 22.0 Å². The summed E-state index contributed by atoms with van der Waals surface area (Å²) >= 11 is 1.45. The fourth-order valence-electron chi connectivity index (χ4n) is 3.51. The monoisotopic (exact) mass is 421 g/mol. The van der Waals surface area contributed by atoms with E-state index in [2.05, 4.69) is 10.3 Å². The summed E-state index contributed by atoms with van der Waals surface area (Å²) in [6.45, 7) is 0.784. The molecule has 150 valence electrons. The highest BCUT2D eigenvalue weighted by Crippen LogP contribution is 2.34. The fourth-order valence-corrected chi connectivity index (χ4v) is 4.72. The third-order valence-corrected chi connectivity index (χ3v) is 6.18. The van der Waals surface area contributed by atoms with Gasteiger partial charge in [-0.3, -0.25) is 19.1 Å². The number of benzene rings is 1. The van der Waals surface area contributed by atoms with Crippen molar-refractivity contribution in [1.29, 1.82) is 0 Å². The van der Waals surface area contributed by atoms with Crippen LogP contribution in [0.25, 0.3) is 15.8 Å². The van der Waals surface area contributed by atoms with Gasteiger partial charge in [0, 0.05) is 23.5 Å². The maximum atomic E-state index is 12.9. The Kier molecular flexibility index (Phi) is 4.55. The van der Waals surface area contributed by atoms with E-state index in [9.17, 15) is 14.0 Å². The summed E-state index contributed by atoms with van der Waals surface area (Å²) in [7, 11) is 0. The molecule has 1 aromatic carbocycles. The largest absolute Gasteiger partial charge is 0.487 e. The zero-order chi connectivity index (χ0) is 20.7. The molecule has 0 bridgehead atoms. The summed E-state index contributed by atoms with van der Waals surface area (Å²) in [5, 5.41) is 3.93. The molecule has 30 heavy (non-hydrogen) atoms. The van der Waals surface area contributed by atoms with Gasteiger partial charge in [0.15, 0.2) is 0 Å². The van der Waals surface area contributed by atoms with Crippen LogP contribution in [0.4, 0.5) is 4.39 Å². The Morgan fingerprint density at radius 2 is 2.07 bits per heavy atom. The van der Waals surface area contributed by atoms with Crippen LogP contribution in [0, 0.1) is 5.82 Å². The first kappa shape index (κ1) is 18.5. The minimum Gasteiger partial charge on any atom is -0.487 e. The molecule has 0 saturated heterocycles. The molecule has 0 spiro atoms. The summed E-state index contributed by atoms with van der Waals surface area (Å²) in [5.41, 5.74) is 2.13. The van der Waals surface area contributed by atoms with Crippen LogP contribution in [0.3, 0.4) is 0 Å². The smallest absolute Gasteiger partial charge is 0.261 e. The van der Waals surface area contributed by atoms with E-state index < -0.39 is 5.82 Å². The number of carbonyl (C=O) groups excluding carboxylic acids is 1. The van der Waals surface area contributed by atoms with Gasteiger partial charge in [-0.2, -0.15) is 0 Å². The lowest BCUT2D eigenvalue weighted by atomic mass is 10.0. The van der Waals surface area contributed by atoms with E-state index in [0.29, 0.717) is 18.0 Å². The minimum absolute atomic E-state index is 0.0340. The number of amides is 1. The number of pyridine rings is 2. The number of nitrogens with zero attached hydrogens (tertiary/aromatic N) is 2. The van der Waals surface area contributed by atoms with Gasteiger partial charge in [-0.05, 0) is 47.7 Å². The first-order chi connectivity index (χ1) is 14.6. The number of aromatic nitrogens is 2. The highest BCUT2D eigenvalue weighted by molar-refractivity contribution is 7.21. The molecule has 0 fully saturated rings. The topological polar surface area (TPSA) is 73.2 Å². The second-order valence-corrected chi connectivity index (χ2v) is 7.98. The second kappa shape index (κ2) is 7.38. The molecule has 4 aromatic rings. The number of hydrogen-bond acceptors (Lipinski definition) is 5. The number of nitrogens with one attached hydrogen (secondary N) is 1. The van der Waals surface area contributed by atoms with Gasteiger partial charge in [0.1, 0.15) is 18.2 Å². The van der Waals surface area contributed by atoms with Gasteiger partial charge in [0.05, 0.1) is 22.5 Å². The lowest BCUT2D eigenvalue weighted by Gasteiger charge is -2.12. The molecule has 8 heteroatoms. The molecule has 1 amide bonds. The van der Waals surface area contributed by atoms with Crippen molar-refractivity contribution in [3.05, 3.63) is 87.2 Å². The Labute approximate surface area is 174 Å². The number of ether oxygens (including phenoxy) is 1. The Morgan fingerprint density at radius 1 is 1.17 bits per heavy atom. The zero-order valence-electron chi connectivity index (χ0n) is 15.7. The van der Waals surface area contributed by atoms with Gasteiger partial charge in [-0.15, -0.1) is 11.3 Å². The van der Waals surface area contributed by atoms with E-state index in [0.717, 1.165) is 38.8 Å². The maximum Gasteiger partial charge on any atom is 0.261 e. The Bertz CT molecular complexity index is 1330. The molecule has 1 aliphatic heterocycles. The highest BCUT2D eigenvalue weighted by Gasteiger charge is 2.22. The van der Waals surface area contributed by atoms with E-state index in [4.69, 9.17) is 4.74 Å². The van der Waals surface area contributed by atoms with E-state index in [1.807, 2.05) is 18.2 Å². The molecular formula is C22H16FN3O3S. The normalized spacial score (nSPS) is 13.2. The average Bonchev–Trinajstić information content (AvgIpc) is 3.13. The standard InChI is InChI=1S/C22H16FN3O3S/c23-13-1-2-14(25-11-13)12-29-16-6-8-26(20(27)10-16)15-3-4-17-18-5-7-24-22(28)21(18)30-19(17)9-15/h1-4,6,8-11H,5,7,12H2,(H,24,28). The molecule has 1 N–H and O–H groups in total. The van der Waals surface area contributed by atoms with Crippen molar-refractivity contribution in [3.8, 4) is 11.4 Å². The number of rotatable bonds is 4. The number of carbonyl (C=O) groups is 1. The molecule has 0 unspecified atom stereocenters. The van der Waals surface area contributed by atoms with Crippen molar-refractivity contribution >= 4 is 27.3 Å². The number of hydrogen-bond donors (Lipinski definition) is 1. The van der Waals surface area contributed by atoms with Crippen LogP contribution in [0.1, 0.15) is 20.9 Å². The van der Waals surface area contributed by atoms with Gasteiger partial charge in [-0.1, -0.05) is 6.07 Å². The van der Waals surface area contributed by atoms with E-state index in [1.54, 1.807) is 12.3 Å². The van der Waals surface area contributed by atoms with E-state index in [-0.39, 0.29) is 18.1 Å². The van der Waals surface area contributed by atoms with Crippen LogP contribution in [0.5, 0.6) is 5.75 Å². The van der Waals surface area contributed by atoms with Gasteiger partial charge in [-0.25, -0.2) is 4.39 Å². The number of halogens is 1.